The zero-order valence-corrected chi connectivity index (χ0v) is 17.4. The average molecular weight is 402 g/mol. The van der Waals surface area contributed by atoms with Crippen LogP contribution in [0, 0.1) is 0 Å². The van der Waals surface area contributed by atoms with Crippen LogP contribution in [0.15, 0.2) is 83.5 Å². The molecule has 3 aromatic rings. The molecule has 1 aliphatic heterocycles. The molecule has 0 bridgehead atoms. The molecule has 1 N–H and O–H groups in total. The van der Waals surface area contributed by atoms with E-state index in [1.165, 1.54) is 0 Å². The molecule has 2 heterocycles. The Labute approximate surface area is 177 Å². The van der Waals surface area contributed by atoms with Crippen molar-refractivity contribution in [1.82, 2.24) is 4.90 Å². The number of nitrogens with one attached hydrogen (secondary N) is 1. The Morgan fingerprint density at radius 3 is 2.57 bits per heavy atom. The van der Waals surface area contributed by atoms with Crippen molar-refractivity contribution in [3.8, 4) is 5.75 Å². The Bertz CT molecular complexity index is 1040. The maximum absolute atomic E-state index is 13.5. The number of hydrogen-bond donors (Lipinski definition) is 1. The van der Waals surface area contributed by atoms with E-state index in [0.29, 0.717) is 25.1 Å². The Balaban J connectivity index is 1.75. The molecule has 5 nitrogen and oxygen atoms in total. The summed E-state index contributed by atoms with van der Waals surface area (Å²) < 4.78 is 11.3. The molecule has 0 radical (unpaired) electrons. The lowest BCUT2D eigenvalue weighted by atomic mass is 9.89. The second-order valence-electron chi connectivity index (χ2n) is 7.63. The minimum atomic E-state index is -0.703. The van der Waals surface area contributed by atoms with Crippen molar-refractivity contribution >= 4 is 11.6 Å². The van der Waals surface area contributed by atoms with Gasteiger partial charge in [0.2, 0.25) is 0 Å². The van der Waals surface area contributed by atoms with Gasteiger partial charge in [-0.15, -0.1) is 0 Å². The van der Waals surface area contributed by atoms with Gasteiger partial charge in [0.05, 0.1) is 18.4 Å². The van der Waals surface area contributed by atoms with Crippen LogP contribution in [0.25, 0.3) is 0 Å². The number of rotatable bonds is 7. The van der Waals surface area contributed by atoms with Gasteiger partial charge in [0.15, 0.2) is 0 Å². The van der Waals surface area contributed by atoms with Crippen LogP contribution in [-0.2, 0) is 12.2 Å². The lowest BCUT2D eigenvalue weighted by Crippen LogP contribution is -2.56. The van der Waals surface area contributed by atoms with Crippen molar-refractivity contribution < 1.29 is 13.9 Å². The average Bonchev–Trinajstić information content (AvgIpc) is 3.28. The summed E-state index contributed by atoms with van der Waals surface area (Å²) >= 11 is 0. The molecule has 0 spiro atoms. The van der Waals surface area contributed by atoms with Gasteiger partial charge in [-0.1, -0.05) is 37.8 Å². The quantitative estimate of drug-likeness (QED) is 0.525. The third-order valence-corrected chi connectivity index (χ3v) is 5.43. The van der Waals surface area contributed by atoms with Crippen LogP contribution in [0.2, 0.25) is 0 Å². The molecule has 1 amide bonds. The number of para-hydroxylation sites is 1. The number of carbonyl (C=O) groups is 1. The fraction of sp³-hybridized carbons (Fsp3) is 0.240. The molecule has 0 saturated carbocycles. The van der Waals surface area contributed by atoms with Crippen molar-refractivity contribution in [2.75, 3.05) is 11.9 Å². The summed E-state index contributed by atoms with van der Waals surface area (Å²) in [5.74, 6) is 1.49. The van der Waals surface area contributed by atoms with Gasteiger partial charge < -0.3 is 19.4 Å². The van der Waals surface area contributed by atoms with E-state index in [-0.39, 0.29) is 5.91 Å². The molecule has 4 rings (SSSR count). The first-order valence-corrected chi connectivity index (χ1v) is 10.1. The smallest absolute Gasteiger partial charge is 0.258 e. The maximum Gasteiger partial charge on any atom is 0.258 e. The van der Waals surface area contributed by atoms with E-state index >= 15 is 0 Å². The van der Waals surface area contributed by atoms with Gasteiger partial charge in [-0.2, -0.15) is 0 Å². The van der Waals surface area contributed by atoms with Crippen LogP contribution < -0.4 is 10.1 Å². The zero-order valence-electron chi connectivity index (χ0n) is 17.4. The van der Waals surface area contributed by atoms with Gasteiger partial charge >= 0.3 is 0 Å². The Morgan fingerprint density at radius 1 is 1.13 bits per heavy atom. The van der Waals surface area contributed by atoms with Crippen LogP contribution >= 0.6 is 0 Å². The molecular formula is C25H26N2O3. The topological polar surface area (TPSA) is 54.7 Å². The van der Waals surface area contributed by atoms with Crippen molar-refractivity contribution in [2.45, 2.75) is 32.5 Å². The zero-order chi connectivity index (χ0) is 21.1. The molecule has 5 heteroatoms. The third-order valence-electron chi connectivity index (χ3n) is 5.43. The van der Waals surface area contributed by atoms with Gasteiger partial charge in [0, 0.05) is 5.69 Å². The molecule has 0 fully saturated rings. The summed E-state index contributed by atoms with van der Waals surface area (Å²) in [6.45, 7) is 8.73. The summed E-state index contributed by atoms with van der Waals surface area (Å²) in [6.07, 6.45) is 2.31. The van der Waals surface area contributed by atoms with Crippen LogP contribution in [-0.4, -0.2) is 17.4 Å². The second-order valence-corrected chi connectivity index (χ2v) is 7.63. The first kappa shape index (κ1) is 19.8. The van der Waals surface area contributed by atoms with Gasteiger partial charge in [0.1, 0.15) is 23.8 Å². The highest BCUT2D eigenvalue weighted by atomic mass is 16.5. The number of carbonyl (C=O) groups excluding carboxylic acids is 1. The summed E-state index contributed by atoms with van der Waals surface area (Å²) in [5, 5.41) is 3.65. The molecule has 154 valence electrons. The highest BCUT2D eigenvalue weighted by molar-refractivity contribution is 6.02. The second kappa shape index (κ2) is 8.11. The standard InChI is InChI=1S/C25H26N2O3/c1-4-25(19-11-13-20(14-12-19)30-17-18(2)3)26-23-10-6-5-9-22(23)24(28)27(25)16-21-8-7-15-29-21/h5-15,26H,2,4,16-17H2,1,3H3. The summed E-state index contributed by atoms with van der Waals surface area (Å²) in [5.41, 5.74) is 2.75. The van der Waals surface area contributed by atoms with Crippen LogP contribution in [0.5, 0.6) is 5.75 Å². The van der Waals surface area contributed by atoms with Gasteiger partial charge in [-0.05, 0) is 60.9 Å². The minimum Gasteiger partial charge on any atom is -0.489 e. The molecule has 30 heavy (non-hydrogen) atoms. The van der Waals surface area contributed by atoms with E-state index < -0.39 is 5.66 Å². The van der Waals surface area contributed by atoms with Crippen LogP contribution in [0.4, 0.5) is 5.69 Å². The number of hydrogen-bond acceptors (Lipinski definition) is 4. The maximum atomic E-state index is 13.5. The summed E-state index contributed by atoms with van der Waals surface area (Å²) in [6, 6.07) is 19.3. The van der Waals surface area contributed by atoms with Crippen molar-refractivity contribution in [2.24, 2.45) is 0 Å². The fourth-order valence-corrected chi connectivity index (χ4v) is 3.90. The van der Waals surface area contributed by atoms with Gasteiger partial charge in [-0.25, -0.2) is 0 Å². The monoisotopic (exact) mass is 402 g/mol. The Hall–Kier alpha value is -3.47. The molecule has 2 aromatic carbocycles. The highest BCUT2D eigenvalue weighted by Crippen LogP contribution is 2.41. The van der Waals surface area contributed by atoms with Crippen molar-refractivity contribution in [3.63, 3.8) is 0 Å². The van der Waals surface area contributed by atoms with E-state index in [1.54, 1.807) is 6.26 Å². The Morgan fingerprint density at radius 2 is 1.90 bits per heavy atom. The van der Waals surface area contributed by atoms with Crippen molar-refractivity contribution in [3.05, 3.63) is 96.0 Å². The summed E-state index contributed by atoms with van der Waals surface area (Å²) in [4.78, 5) is 15.4. The fourth-order valence-electron chi connectivity index (χ4n) is 3.90. The number of nitrogens with zero attached hydrogens (tertiary/aromatic N) is 1. The van der Waals surface area contributed by atoms with Gasteiger partial charge in [0.25, 0.3) is 5.91 Å². The molecule has 0 aliphatic carbocycles. The number of fused-ring (bicyclic) bond motifs is 1. The first-order chi connectivity index (χ1) is 14.5. The van der Waals surface area contributed by atoms with Crippen LogP contribution in [0.3, 0.4) is 0 Å². The van der Waals surface area contributed by atoms with Gasteiger partial charge in [-0.3, -0.25) is 4.79 Å². The van der Waals surface area contributed by atoms with E-state index in [4.69, 9.17) is 9.15 Å². The first-order valence-electron chi connectivity index (χ1n) is 10.1. The normalized spacial score (nSPS) is 17.9. The lowest BCUT2D eigenvalue weighted by Gasteiger charge is -2.48. The third kappa shape index (κ3) is 3.59. The largest absolute Gasteiger partial charge is 0.489 e. The van der Waals surface area contributed by atoms with E-state index in [0.717, 1.165) is 28.3 Å². The predicted molar refractivity (Wildman–Crippen MR) is 117 cm³/mol. The molecule has 0 saturated heterocycles. The number of anilines is 1. The SMILES string of the molecule is C=C(C)COc1ccc(C2(CC)Nc3ccccc3C(=O)N2Cc2ccco2)cc1. The van der Waals surface area contributed by atoms with E-state index in [9.17, 15) is 4.79 Å². The van der Waals surface area contributed by atoms with E-state index in [1.807, 2.05) is 72.5 Å². The van der Waals surface area contributed by atoms with Crippen molar-refractivity contribution in [1.29, 1.82) is 0 Å². The van der Waals surface area contributed by atoms with E-state index in [2.05, 4.69) is 18.8 Å². The number of ether oxygens (including phenoxy) is 1. The van der Waals surface area contributed by atoms with Crippen LogP contribution in [0.1, 0.15) is 41.9 Å². The molecular weight excluding hydrogens is 376 g/mol. The number of furan rings is 1. The minimum absolute atomic E-state index is 0.0230. The molecule has 1 unspecified atom stereocenters. The number of benzene rings is 2. The molecule has 1 atom stereocenters. The summed E-state index contributed by atoms with van der Waals surface area (Å²) in [7, 11) is 0. The Kier molecular flexibility index (Phi) is 5.36. The molecule has 1 aliphatic rings. The highest BCUT2D eigenvalue weighted by Gasteiger charge is 2.45. The number of amides is 1. The molecule has 1 aromatic heterocycles. The lowest BCUT2D eigenvalue weighted by molar-refractivity contribution is 0.0430. The predicted octanol–water partition coefficient (Wildman–Crippen LogP) is 5.57.